The first-order valence-corrected chi connectivity index (χ1v) is 15.6. The number of aryl methyl sites for hydroxylation is 2. The maximum atomic E-state index is 11.1. The SMILES string of the molecule is Cc1nc([C@H]2O[C@@H](n3cnc4c(NCC(c5ccccc5)c5ccccc5)nc(NCCc5cn(C)cn5)nc43)[C@H](O)[C@@H]2O)n[nH]1.O=CO. The Bertz CT molecular complexity index is 1920. The fourth-order valence-corrected chi connectivity index (χ4v) is 5.79. The van der Waals surface area contributed by atoms with E-state index in [4.69, 9.17) is 24.6 Å². The molecule has 1 fully saturated rings. The Kier molecular flexibility index (Phi) is 10.2. The lowest BCUT2D eigenvalue weighted by atomic mass is 9.91. The zero-order valence-electron chi connectivity index (χ0n) is 26.8. The third-order valence-corrected chi connectivity index (χ3v) is 8.10. The van der Waals surface area contributed by atoms with Gasteiger partial charge in [-0.25, -0.2) is 15.0 Å². The van der Waals surface area contributed by atoms with Gasteiger partial charge < -0.3 is 35.3 Å². The van der Waals surface area contributed by atoms with Crippen molar-refractivity contribution in [2.24, 2.45) is 7.05 Å². The van der Waals surface area contributed by atoms with Gasteiger partial charge in [-0.3, -0.25) is 14.5 Å². The second-order valence-electron chi connectivity index (χ2n) is 11.5. The Morgan fingerprint density at radius 2 is 1.65 bits per heavy atom. The van der Waals surface area contributed by atoms with Gasteiger partial charge in [-0.1, -0.05) is 60.7 Å². The third kappa shape index (κ3) is 7.40. The number of fused-ring (bicyclic) bond motifs is 1. The van der Waals surface area contributed by atoms with E-state index in [-0.39, 0.29) is 18.2 Å². The van der Waals surface area contributed by atoms with Crippen LogP contribution in [0.1, 0.15) is 46.7 Å². The molecule has 7 rings (SSSR count). The highest BCUT2D eigenvalue weighted by Gasteiger charge is 2.47. The molecule has 0 aliphatic carbocycles. The first kappa shape index (κ1) is 33.2. The van der Waals surface area contributed by atoms with E-state index in [2.05, 4.69) is 60.0 Å². The number of ether oxygens (including phenoxy) is 1. The predicted octanol–water partition coefficient (Wildman–Crippen LogP) is 2.58. The van der Waals surface area contributed by atoms with Gasteiger partial charge in [0.25, 0.3) is 6.47 Å². The first-order valence-electron chi connectivity index (χ1n) is 15.6. The molecule has 5 heterocycles. The van der Waals surface area contributed by atoms with Crippen molar-refractivity contribution in [1.29, 1.82) is 0 Å². The van der Waals surface area contributed by atoms with E-state index in [1.54, 1.807) is 24.1 Å². The Labute approximate surface area is 280 Å². The van der Waals surface area contributed by atoms with Crippen LogP contribution in [0.15, 0.2) is 79.5 Å². The molecule has 4 atom stereocenters. The van der Waals surface area contributed by atoms with Crippen LogP contribution in [-0.4, -0.2) is 91.3 Å². The quantitative estimate of drug-likeness (QED) is 0.110. The van der Waals surface area contributed by atoms with Crippen LogP contribution in [0, 0.1) is 6.92 Å². The van der Waals surface area contributed by atoms with Gasteiger partial charge in [-0.2, -0.15) is 15.1 Å². The van der Waals surface area contributed by atoms with Crippen molar-refractivity contribution in [2.45, 2.75) is 43.8 Å². The number of carbonyl (C=O) groups is 1. The van der Waals surface area contributed by atoms with Crippen LogP contribution in [-0.2, 0) is 23.0 Å². The summed E-state index contributed by atoms with van der Waals surface area (Å²) in [5.41, 5.74) is 4.19. The molecule has 4 aromatic heterocycles. The second-order valence-corrected chi connectivity index (χ2v) is 11.5. The summed E-state index contributed by atoms with van der Waals surface area (Å²) in [6.45, 7) is 2.58. The summed E-state index contributed by atoms with van der Waals surface area (Å²) in [4.78, 5) is 31.3. The molecule has 1 saturated heterocycles. The number of rotatable bonds is 11. The number of carboxylic acid groups (broad SMARTS) is 1. The molecule has 0 unspecified atom stereocenters. The van der Waals surface area contributed by atoms with Gasteiger partial charge in [0, 0.05) is 38.7 Å². The Morgan fingerprint density at radius 3 is 2.27 bits per heavy atom. The average Bonchev–Trinajstić information content (AvgIpc) is 3.90. The van der Waals surface area contributed by atoms with E-state index in [0.29, 0.717) is 48.3 Å². The Balaban J connectivity index is 0.00000134. The summed E-state index contributed by atoms with van der Waals surface area (Å²) >= 11 is 0. The number of aliphatic hydroxyl groups excluding tert-OH is 2. The summed E-state index contributed by atoms with van der Waals surface area (Å²) < 4.78 is 9.66. The maximum Gasteiger partial charge on any atom is 0.290 e. The van der Waals surface area contributed by atoms with Crippen LogP contribution < -0.4 is 10.6 Å². The van der Waals surface area contributed by atoms with Gasteiger partial charge in [0.05, 0.1) is 18.3 Å². The largest absolute Gasteiger partial charge is 0.483 e. The molecule has 2 aromatic carbocycles. The molecule has 0 bridgehead atoms. The molecular weight excluding hydrogens is 630 g/mol. The molecule has 0 spiro atoms. The number of aromatic nitrogens is 9. The van der Waals surface area contributed by atoms with Crippen LogP contribution in [0.5, 0.6) is 0 Å². The van der Waals surface area contributed by atoms with E-state index >= 15 is 0 Å². The van der Waals surface area contributed by atoms with Crippen molar-refractivity contribution in [3.05, 3.63) is 108 Å². The lowest BCUT2D eigenvalue weighted by Gasteiger charge is -2.20. The monoisotopic (exact) mass is 667 g/mol. The minimum Gasteiger partial charge on any atom is -0.483 e. The Hall–Kier alpha value is -5.71. The lowest BCUT2D eigenvalue weighted by Crippen LogP contribution is -2.29. The molecule has 0 saturated carbocycles. The smallest absolute Gasteiger partial charge is 0.290 e. The number of benzene rings is 2. The summed E-state index contributed by atoms with van der Waals surface area (Å²) in [6, 6.07) is 20.6. The molecule has 1 aliphatic heterocycles. The highest BCUT2D eigenvalue weighted by Crippen LogP contribution is 2.39. The second kappa shape index (κ2) is 15.0. The minimum atomic E-state index is -1.28. The number of hydrogen-bond acceptors (Lipinski definition) is 12. The topological polar surface area (TPSA) is 214 Å². The van der Waals surface area contributed by atoms with Crippen molar-refractivity contribution in [3.63, 3.8) is 0 Å². The molecule has 6 aromatic rings. The summed E-state index contributed by atoms with van der Waals surface area (Å²) in [7, 11) is 1.93. The standard InChI is InChI=1S/C32H35N11O3.CH2O2/c1-19-37-29(41-40-19)27-25(44)26(45)31(46-27)43-18-36-24-28(38-32(39-30(24)43)33-14-13-22-16-42(2)17-35-22)34-15-23(20-9-5-3-6-10-20)21-11-7-4-8-12-21;2-1-3/h3-12,16-18,23,25-27,31,44-45H,13-15H2,1-2H3,(H,37,40,41)(H2,33,34,38,39);1H,(H,2,3)/t25-,26+,27-,31+;/m0./s1. The van der Waals surface area contributed by atoms with E-state index in [9.17, 15) is 10.2 Å². The van der Waals surface area contributed by atoms with Crippen molar-refractivity contribution in [2.75, 3.05) is 23.7 Å². The van der Waals surface area contributed by atoms with E-state index in [1.807, 2.05) is 54.2 Å². The molecule has 254 valence electrons. The molecule has 6 N–H and O–H groups in total. The predicted molar refractivity (Wildman–Crippen MR) is 179 cm³/mol. The first-order chi connectivity index (χ1) is 23.9. The Morgan fingerprint density at radius 1 is 0.959 bits per heavy atom. The van der Waals surface area contributed by atoms with Gasteiger partial charge in [0.1, 0.15) is 18.0 Å². The molecule has 0 radical (unpaired) electrons. The molecule has 49 heavy (non-hydrogen) atoms. The van der Waals surface area contributed by atoms with E-state index in [0.717, 1.165) is 16.8 Å². The minimum absolute atomic E-state index is 0.0377. The fraction of sp³-hybridized carbons (Fsp3) is 0.303. The summed E-state index contributed by atoms with van der Waals surface area (Å²) in [5.74, 6) is 1.77. The van der Waals surface area contributed by atoms with Crippen molar-refractivity contribution >= 4 is 29.4 Å². The van der Waals surface area contributed by atoms with Gasteiger partial charge in [-0.15, -0.1) is 0 Å². The van der Waals surface area contributed by atoms with Crippen LogP contribution in [0.3, 0.4) is 0 Å². The summed E-state index contributed by atoms with van der Waals surface area (Å²) in [6.07, 6.45) is 1.48. The normalized spacial score (nSPS) is 18.7. The number of nitrogens with one attached hydrogen (secondary N) is 3. The highest BCUT2D eigenvalue weighted by molar-refractivity contribution is 5.84. The number of nitrogens with zero attached hydrogens (tertiary/aromatic N) is 8. The van der Waals surface area contributed by atoms with E-state index in [1.165, 1.54) is 0 Å². The zero-order chi connectivity index (χ0) is 34.3. The van der Waals surface area contributed by atoms with Crippen molar-refractivity contribution in [1.82, 2.24) is 44.3 Å². The van der Waals surface area contributed by atoms with Crippen LogP contribution in [0.25, 0.3) is 11.2 Å². The van der Waals surface area contributed by atoms with Gasteiger partial charge >= 0.3 is 0 Å². The number of H-pyrrole nitrogens is 1. The number of aromatic amines is 1. The highest BCUT2D eigenvalue weighted by atomic mass is 16.6. The molecule has 16 heteroatoms. The van der Waals surface area contributed by atoms with E-state index < -0.39 is 24.5 Å². The number of imidazole rings is 2. The number of hydrogen-bond donors (Lipinski definition) is 6. The van der Waals surface area contributed by atoms with Gasteiger partial charge in [0.2, 0.25) is 5.95 Å². The molecule has 1 aliphatic rings. The van der Waals surface area contributed by atoms with Crippen molar-refractivity contribution in [3.8, 4) is 0 Å². The lowest BCUT2D eigenvalue weighted by molar-refractivity contribution is -0.122. The van der Waals surface area contributed by atoms with Gasteiger partial charge in [-0.05, 0) is 18.1 Å². The summed E-state index contributed by atoms with van der Waals surface area (Å²) in [5, 5.41) is 42.6. The number of aliphatic hydroxyl groups is 2. The maximum absolute atomic E-state index is 11.1. The number of anilines is 2. The molecule has 0 amide bonds. The molecular formula is C33H37N11O5. The van der Waals surface area contributed by atoms with Crippen LogP contribution >= 0.6 is 0 Å². The third-order valence-electron chi connectivity index (χ3n) is 8.10. The molecule has 16 nitrogen and oxygen atoms in total. The van der Waals surface area contributed by atoms with Crippen molar-refractivity contribution < 1.29 is 24.9 Å². The van der Waals surface area contributed by atoms with Gasteiger partial charge in [0.15, 0.2) is 35.1 Å². The van der Waals surface area contributed by atoms with Crippen LogP contribution in [0.2, 0.25) is 0 Å². The fourth-order valence-electron chi connectivity index (χ4n) is 5.79. The average molecular weight is 668 g/mol. The van der Waals surface area contributed by atoms with Crippen LogP contribution in [0.4, 0.5) is 11.8 Å². The zero-order valence-corrected chi connectivity index (χ0v) is 26.8.